The Morgan fingerprint density at radius 2 is 1.59 bits per heavy atom. The number of nitrogens with one attached hydrogen (secondary N) is 1. The molecule has 1 N–H and O–H groups in total. The molecule has 3 atom stereocenters. The van der Waals surface area contributed by atoms with Gasteiger partial charge in [-0.15, -0.1) is 0 Å². The minimum absolute atomic E-state index is 0.167. The number of hydrogen-bond donors (Lipinski definition) is 1. The van der Waals surface area contributed by atoms with E-state index in [2.05, 4.69) is 88.6 Å². The molecule has 32 heavy (non-hydrogen) atoms. The van der Waals surface area contributed by atoms with Crippen LogP contribution in [0, 0.1) is 6.92 Å². The van der Waals surface area contributed by atoms with Crippen LogP contribution in [-0.2, 0) is 5.41 Å². The molecule has 4 nitrogen and oxygen atoms in total. The van der Waals surface area contributed by atoms with E-state index in [0.29, 0.717) is 18.1 Å². The van der Waals surface area contributed by atoms with Crippen molar-refractivity contribution in [1.29, 1.82) is 0 Å². The molecule has 0 amide bonds. The fourth-order valence-electron chi connectivity index (χ4n) is 6.69. The second kappa shape index (κ2) is 8.08. The van der Waals surface area contributed by atoms with Gasteiger partial charge in [0, 0.05) is 23.5 Å². The maximum absolute atomic E-state index is 4.85. The summed E-state index contributed by atoms with van der Waals surface area (Å²) in [6.07, 6.45) is 12.5. The molecule has 0 spiro atoms. The third-order valence-electron chi connectivity index (χ3n) is 8.31. The smallest absolute Gasteiger partial charge is 0.106 e. The lowest BCUT2D eigenvalue weighted by molar-refractivity contribution is 0.159. The molecule has 1 aromatic heterocycles. The van der Waals surface area contributed by atoms with Crippen LogP contribution in [-0.4, -0.2) is 39.6 Å². The maximum atomic E-state index is 4.85. The Hall–Kier alpha value is -2.59. The van der Waals surface area contributed by atoms with Crippen molar-refractivity contribution in [3.05, 3.63) is 78.3 Å². The van der Waals surface area contributed by atoms with E-state index in [4.69, 9.17) is 4.98 Å². The summed E-state index contributed by atoms with van der Waals surface area (Å²) in [5, 5.41) is 3.56. The Labute approximate surface area is 191 Å². The van der Waals surface area contributed by atoms with Crippen molar-refractivity contribution in [2.75, 3.05) is 13.1 Å². The summed E-state index contributed by atoms with van der Waals surface area (Å²) >= 11 is 0. The van der Waals surface area contributed by atoms with Crippen LogP contribution in [0.2, 0.25) is 0 Å². The third-order valence-corrected chi connectivity index (χ3v) is 8.31. The van der Waals surface area contributed by atoms with E-state index in [1.807, 2.05) is 0 Å². The minimum Gasteiger partial charge on any atom is -0.372 e. The number of para-hydroxylation sites is 2. The van der Waals surface area contributed by atoms with Gasteiger partial charge in [0.25, 0.3) is 0 Å². The number of aryl methyl sites for hydroxylation is 1. The summed E-state index contributed by atoms with van der Waals surface area (Å²) in [6.45, 7) is 4.37. The molecule has 3 fully saturated rings. The number of hydrogen-bond acceptors (Lipinski definition) is 3. The van der Waals surface area contributed by atoms with Gasteiger partial charge in [-0.25, -0.2) is 4.98 Å². The second-order valence-corrected chi connectivity index (χ2v) is 10.1. The van der Waals surface area contributed by atoms with Gasteiger partial charge in [0.1, 0.15) is 5.82 Å². The highest BCUT2D eigenvalue weighted by Gasteiger charge is 2.41. The standard InChI is InChI=1S/C28H34N4/c1-21-30-26-9-5-6-10-27(26)32(21)25-19-23-11-12-24(20-25)31(23)18-15-28(13-16-29-17-14-28)22-7-3-2-4-8-22/h2-10,15,18,23-25,29H,11-14,16-17,19-20H2,1H3/b18-15+/t23-,24+,25?. The molecular weight excluding hydrogens is 392 g/mol. The van der Waals surface area contributed by atoms with Crippen molar-refractivity contribution >= 4 is 11.0 Å². The molecule has 4 heterocycles. The van der Waals surface area contributed by atoms with Gasteiger partial charge in [-0.05, 0) is 82.4 Å². The Kier molecular flexibility index (Phi) is 5.06. The second-order valence-electron chi connectivity index (χ2n) is 10.1. The van der Waals surface area contributed by atoms with Gasteiger partial charge in [0.05, 0.1) is 11.0 Å². The molecule has 6 rings (SSSR count). The lowest BCUT2D eigenvalue weighted by Gasteiger charge is -2.41. The van der Waals surface area contributed by atoms with Gasteiger partial charge in [-0.3, -0.25) is 0 Å². The van der Waals surface area contributed by atoms with Crippen LogP contribution in [0.5, 0.6) is 0 Å². The van der Waals surface area contributed by atoms with Crippen LogP contribution in [0.4, 0.5) is 0 Å². The lowest BCUT2D eigenvalue weighted by atomic mass is 9.73. The molecule has 0 saturated carbocycles. The number of aromatic nitrogens is 2. The van der Waals surface area contributed by atoms with E-state index in [1.54, 1.807) is 0 Å². The molecule has 3 aromatic rings. The summed E-state index contributed by atoms with van der Waals surface area (Å²) in [5.74, 6) is 1.16. The number of benzene rings is 2. The zero-order valence-electron chi connectivity index (χ0n) is 19.1. The van der Waals surface area contributed by atoms with Crippen LogP contribution in [0.3, 0.4) is 0 Å². The van der Waals surface area contributed by atoms with Crippen molar-refractivity contribution in [1.82, 2.24) is 19.8 Å². The summed E-state index contributed by atoms with van der Waals surface area (Å²) in [6, 6.07) is 21.6. The van der Waals surface area contributed by atoms with Crippen LogP contribution >= 0.6 is 0 Å². The first kappa shape index (κ1) is 20.0. The number of allylic oxidation sites excluding steroid dienone is 1. The molecule has 0 aliphatic carbocycles. The van der Waals surface area contributed by atoms with Gasteiger partial charge in [-0.1, -0.05) is 48.5 Å². The fraction of sp³-hybridized carbons (Fsp3) is 0.464. The zero-order chi connectivity index (χ0) is 21.5. The molecule has 4 heteroatoms. The van der Waals surface area contributed by atoms with Gasteiger partial charge in [0.2, 0.25) is 0 Å². The Bertz CT molecular complexity index is 1090. The molecule has 1 unspecified atom stereocenters. The van der Waals surface area contributed by atoms with Crippen LogP contribution < -0.4 is 5.32 Å². The Balaban J connectivity index is 1.26. The van der Waals surface area contributed by atoms with Crippen LogP contribution in [0.25, 0.3) is 11.0 Å². The van der Waals surface area contributed by atoms with E-state index in [0.717, 1.165) is 24.4 Å². The SMILES string of the molecule is Cc1nc2ccccc2n1C1C[C@H]2CC[C@@H](C1)N2/C=C/C1(c2ccccc2)CCNCC1. The van der Waals surface area contributed by atoms with Crippen molar-refractivity contribution in [2.24, 2.45) is 0 Å². The van der Waals surface area contributed by atoms with Crippen molar-refractivity contribution in [2.45, 2.75) is 69.0 Å². The first-order chi connectivity index (χ1) is 15.7. The number of piperidine rings is 2. The molecule has 3 aliphatic heterocycles. The predicted molar refractivity (Wildman–Crippen MR) is 131 cm³/mol. The molecule has 2 bridgehead atoms. The van der Waals surface area contributed by atoms with Crippen LogP contribution in [0.1, 0.15) is 56.0 Å². The van der Waals surface area contributed by atoms with Crippen molar-refractivity contribution < 1.29 is 0 Å². The number of rotatable bonds is 4. The minimum atomic E-state index is 0.167. The Morgan fingerprint density at radius 1 is 0.906 bits per heavy atom. The normalized spacial score (nSPS) is 27.4. The largest absolute Gasteiger partial charge is 0.372 e. The maximum Gasteiger partial charge on any atom is 0.106 e. The number of nitrogens with zero attached hydrogens (tertiary/aromatic N) is 3. The fourth-order valence-corrected chi connectivity index (χ4v) is 6.69. The van der Waals surface area contributed by atoms with Crippen molar-refractivity contribution in [3.63, 3.8) is 0 Å². The van der Waals surface area contributed by atoms with Crippen molar-refractivity contribution in [3.8, 4) is 0 Å². The molecule has 3 saturated heterocycles. The highest BCUT2D eigenvalue weighted by molar-refractivity contribution is 5.76. The molecular formula is C28H34N4. The molecule has 2 aromatic carbocycles. The number of imidazole rings is 1. The van der Waals surface area contributed by atoms with Gasteiger partial charge < -0.3 is 14.8 Å². The molecule has 3 aliphatic rings. The third kappa shape index (κ3) is 3.36. The lowest BCUT2D eigenvalue weighted by Crippen LogP contribution is -2.42. The summed E-state index contributed by atoms with van der Waals surface area (Å²) in [7, 11) is 0. The quantitative estimate of drug-likeness (QED) is 0.611. The summed E-state index contributed by atoms with van der Waals surface area (Å²) in [5.41, 5.74) is 4.08. The van der Waals surface area contributed by atoms with E-state index in [1.165, 1.54) is 49.6 Å². The number of fused-ring (bicyclic) bond motifs is 3. The summed E-state index contributed by atoms with van der Waals surface area (Å²) < 4.78 is 2.53. The van der Waals surface area contributed by atoms with E-state index < -0.39 is 0 Å². The Morgan fingerprint density at radius 3 is 2.34 bits per heavy atom. The first-order valence-corrected chi connectivity index (χ1v) is 12.4. The van der Waals surface area contributed by atoms with Gasteiger partial charge in [-0.2, -0.15) is 0 Å². The average molecular weight is 427 g/mol. The molecule has 166 valence electrons. The summed E-state index contributed by atoms with van der Waals surface area (Å²) in [4.78, 5) is 7.57. The first-order valence-electron chi connectivity index (χ1n) is 12.4. The van der Waals surface area contributed by atoms with E-state index in [-0.39, 0.29) is 5.41 Å². The topological polar surface area (TPSA) is 33.1 Å². The van der Waals surface area contributed by atoms with E-state index in [9.17, 15) is 0 Å². The highest BCUT2D eigenvalue weighted by Crippen LogP contribution is 2.43. The monoisotopic (exact) mass is 426 g/mol. The van der Waals surface area contributed by atoms with Gasteiger partial charge >= 0.3 is 0 Å². The molecule has 0 radical (unpaired) electrons. The van der Waals surface area contributed by atoms with Gasteiger partial charge in [0.15, 0.2) is 0 Å². The van der Waals surface area contributed by atoms with E-state index >= 15 is 0 Å². The van der Waals surface area contributed by atoms with Crippen LogP contribution in [0.15, 0.2) is 66.9 Å². The highest BCUT2D eigenvalue weighted by atomic mass is 15.2. The predicted octanol–water partition coefficient (Wildman–Crippen LogP) is 5.35. The zero-order valence-corrected chi connectivity index (χ0v) is 19.1. The average Bonchev–Trinajstić information content (AvgIpc) is 3.30.